The minimum atomic E-state index is 0.0137. The van der Waals surface area contributed by atoms with Crippen molar-refractivity contribution in [3.63, 3.8) is 0 Å². The van der Waals surface area contributed by atoms with E-state index in [-0.39, 0.29) is 16.8 Å². The maximum atomic E-state index is 12.0. The van der Waals surface area contributed by atoms with Crippen molar-refractivity contribution in [3.05, 3.63) is 28.2 Å². The van der Waals surface area contributed by atoms with Crippen molar-refractivity contribution in [2.24, 2.45) is 11.7 Å². The van der Waals surface area contributed by atoms with Gasteiger partial charge in [0.15, 0.2) is 0 Å². The second kappa shape index (κ2) is 6.85. The summed E-state index contributed by atoms with van der Waals surface area (Å²) in [6.07, 6.45) is 1.64. The SMILES string of the molecule is CCC(CC)C(=O)Nc1ccc(Br)cc1C(N)=S. The molecule has 1 amide bonds. The Hall–Kier alpha value is -0.940. The van der Waals surface area contributed by atoms with E-state index in [0.29, 0.717) is 11.3 Å². The number of carbonyl (C=O) groups is 1. The molecule has 0 unspecified atom stereocenters. The molecular weight excluding hydrogens is 312 g/mol. The number of halogens is 1. The Morgan fingerprint density at radius 1 is 1.44 bits per heavy atom. The fourth-order valence-corrected chi connectivity index (χ4v) is 2.25. The molecule has 1 aromatic rings. The predicted molar refractivity (Wildman–Crippen MR) is 82.7 cm³/mol. The number of thiocarbonyl (C=S) groups is 1. The summed E-state index contributed by atoms with van der Waals surface area (Å²) in [4.78, 5) is 12.3. The molecule has 1 rings (SSSR count). The Morgan fingerprint density at radius 3 is 2.56 bits per heavy atom. The van der Waals surface area contributed by atoms with Crippen molar-refractivity contribution in [3.8, 4) is 0 Å². The van der Waals surface area contributed by atoms with Crippen molar-refractivity contribution in [2.75, 3.05) is 5.32 Å². The molecule has 0 saturated heterocycles. The number of hydrogen-bond donors (Lipinski definition) is 2. The van der Waals surface area contributed by atoms with Crippen molar-refractivity contribution < 1.29 is 4.79 Å². The molecule has 0 fully saturated rings. The summed E-state index contributed by atoms with van der Waals surface area (Å²) in [5, 5.41) is 2.89. The topological polar surface area (TPSA) is 55.1 Å². The third-order valence-electron chi connectivity index (χ3n) is 2.86. The van der Waals surface area contributed by atoms with Gasteiger partial charge in [0.05, 0.1) is 5.69 Å². The van der Waals surface area contributed by atoms with Crippen molar-refractivity contribution >= 4 is 44.7 Å². The van der Waals surface area contributed by atoms with Gasteiger partial charge in [-0.3, -0.25) is 4.79 Å². The highest BCUT2D eigenvalue weighted by atomic mass is 79.9. The van der Waals surface area contributed by atoms with Gasteiger partial charge < -0.3 is 11.1 Å². The van der Waals surface area contributed by atoms with Crippen LogP contribution < -0.4 is 11.1 Å². The molecule has 3 N–H and O–H groups in total. The number of nitrogens with two attached hydrogens (primary N) is 1. The van der Waals surface area contributed by atoms with Gasteiger partial charge in [-0.1, -0.05) is 42.0 Å². The van der Waals surface area contributed by atoms with Gasteiger partial charge in [-0.05, 0) is 31.0 Å². The van der Waals surface area contributed by atoms with Gasteiger partial charge in [0.1, 0.15) is 4.99 Å². The van der Waals surface area contributed by atoms with E-state index in [0.717, 1.165) is 17.3 Å². The first-order chi connectivity index (χ1) is 8.49. The number of anilines is 1. The molecule has 0 saturated carbocycles. The molecule has 0 aliphatic rings. The van der Waals surface area contributed by atoms with Crippen LogP contribution in [0.4, 0.5) is 5.69 Å². The fourth-order valence-electron chi connectivity index (χ4n) is 1.72. The molecule has 0 radical (unpaired) electrons. The number of benzene rings is 1. The van der Waals surface area contributed by atoms with E-state index in [1.54, 1.807) is 6.07 Å². The van der Waals surface area contributed by atoms with Crippen LogP contribution in [0.15, 0.2) is 22.7 Å². The molecule has 0 aliphatic heterocycles. The molecule has 3 nitrogen and oxygen atoms in total. The van der Waals surface area contributed by atoms with E-state index in [4.69, 9.17) is 18.0 Å². The number of hydrogen-bond acceptors (Lipinski definition) is 2. The largest absolute Gasteiger partial charge is 0.389 e. The summed E-state index contributed by atoms with van der Waals surface area (Å²) < 4.78 is 0.880. The van der Waals surface area contributed by atoms with Crippen LogP contribution in [0, 0.1) is 5.92 Å². The van der Waals surface area contributed by atoms with Crippen LogP contribution >= 0.6 is 28.1 Å². The van der Waals surface area contributed by atoms with Gasteiger partial charge in [0.25, 0.3) is 0 Å². The molecule has 0 aromatic heterocycles. The normalized spacial score (nSPS) is 10.4. The number of carbonyl (C=O) groups excluding carboxylic acids is 1. The van der Waals surface area contributed by atoms with Gasteiger partial charge >= 0.3 is 0 Å². The van der Waals surface area contributed by atoms with Crippen LogP contribution in [-0.2, 0) is 4.79 Å². The quantitative estimate of drug-likeness (QED) is 0.814. The summed E-state index contributed by atoms with van der Waals surface area (Å²) in [6.45, 7) is 4.01. The Kier molecular flexibility index (Phi) is 5.75. The molecule has 0 atom stereocenters. The summed E-state index contributed by atoms with van der Waals surface area (Å²) in [5.41, 5.74) is 7.01. The standard InChI is InChI=1S/C13H17BrN2OS/c1-3-8(4-2)13(17)16-11-6-5-9(14)7-10(11)12(15)18/h5-8H,3-4H2,1-2H3,(H2,15,18)(H,16,17). The van der Waals surface area contributed by atoms with E-state index in [9.17, 15) is 4.79 Å². The van der Waals surface area contributed by atoms with Crippen molar-refractivity contribution in [1.82, 2.24) is 0 Å². The van der Waals surface area contributed by atoms with Gasteiger partial charge in [-0.25, -0.2) is 0 Å². The third kappa shape index (κ3) is 3.78. The molecule has 0 spiro atoms. The Balaban J connectivity index is 2.97. The Morgan fingerprint density at radius 2 is 2.06 bits per heavy atom. The van der Waals surface area contributed by atoms with Crippen molar-refractivity contribution in [1.29, 1.82) is 0 Å². The van der Waals surface area contributed by atoms with Gasteiger partial charge in [-0.15, -0.1) is 0 Å². The monoisotopic (exact) mass is 328 g/mol. The zero-order chi connectivity index (χ0) is 13.7. The second-order valence-corrected chi connectivity index (χ2v) is 5.41. The number of nitrogens with one attached hydrogen (secondary N) is 1. The lowest BCUT2D eigenvalue weighted by atomic mass is 10.0. The first-order valence-corrected chi connectivity index (χ1v) is 7.09. The average molecular weight is 329 g/mol. The van der Waals surface area contributed by atoms with Gasteiger partial charge in [-0.2, -0.15) is 0 Å². The summed E-state index contributed by atoms with van der Waals surface area (Å²) in [6, 6.07) is 5.47. The second-order valence-electron chi connectivity index (χ2n) is 4.06. The smallest absolute Gasteiger partial charge is 0.227 e. The van der Waals surface area contributed by atoms with Crippen LogP contribution in [0.2, 0.25) is 0 Å². The summed E-state index contributed by atoms with van der Waals surface area (Å²) in [7, 11) is 0. The highest BCUT2D eigenvalue weighted by Crippen LogP contribution is 2.22. The first kappa shape index (κ1) is 15.1. The lowest BCUT2D eigenvalue weighted by molar-refractivity contribution is -0.120. The molecule has 1 aromatic carbocycles. The van der Waals surface area contributed by atoms with E-state index in [1.165, 1.54) is 0 Å². The summed E-state index contributed by atoms with van der Waals surface area (Å²) >= 11 is 8.35. The van der Waals surface area contributed by atoms with Gasteiger partial charge in [0, 0.05) is 16.0 Å². The first-order valence-electron chi connectivity index (χ1n) is 5.89. The highest BCUT2D eigenvalue weighted by molar-refractivity contribution is 9.10. The maximum absolute atomic E-state index is 12.0. The average Bonchev–Trinajstić information content (AvgIpc) is 2.32. The van der Waals surface area contributed by atoms with E-state index < -0.39 is 0 Å². The van der Waals surface area contributed by atoms with Crippen LogP contribution in [0.1, 0.15) is 32.3 Å². The van der Waals surface area contributed by atoms with E-state index in [2.05, 4.69) is 21.2 Å². The zero-order valence-corrected chi connectivity index (χ0v) is 12.9. The maximum Gasteiger partial charge on any atom is 0.227 e. The molecule has 18 heavy (non-hydrogen) atoms. The molecule has 5 heteroatoms. The fraction of sp³-hybridized carbons (Fsp3) is 0.385. The minimum Gasteiger partial charge on any atom is -0.389 e. The van der Waals surface area contributed by atoms with Crippen LogP contribution in [0.5, 0.6) is 0 Å². The number of amides is 1. The number of rotatable bonds is 5. The third-order valence-corrected chi connectivity index (χ3v) is 3.57. The van der Waals surface area contributed by atoms with E-state index in [1.807, 2.05) is 26.0 Å². The van der Waals surface area contributed by atoms with Crippen molar-refractivity contribution in [2.45, 2.75) is 26.7 Å². The molecule has 0 aliphatic carbocycles. The molecule has 98 valence electrons. The molecule has 0 heterocycles. The highest BCUT2D eigenvalue weighted by Gasteiger charge is 2.16. The lowest BCUT2D eigenvalue weighted by Gasteiger charge is -2.15. The molecule has 0 bridgehead atoms. The summed E-state index contributed by atoms with van der Waals surface area (Å²) in [5.74, 6) is 0.0349. The Labute approximate surface area is 121 Å². The zero-order valence-electron chi connectivity index (χ0n) is 10.5. The van der Waals surface area contributed by atoms with E-state index >= 15 is 0 Å². The van der Waals surface area contributed by atoms with Gasteiger partial charge in [0.2, 0.25) is 5.91 Å². The van der Waals surface area contributed by atoms with Crippen LogP contribution in [0.3, 0.4) is 0 Å². The molecular formula is C13H17BrN2OS. The van der Waals surface area contributed by atoms with Crippen LogP contribution in [-0.4, -0.2) is 10.9 Å². The minimum absolute atomic E-state index is 0.0137. The Bertz CT molecular complexity index is 458. The van der Waals surface area contributed by atoms with Crippen LogP contribution in [0.25, 0.3) is 0 Å². The lowest BCUT2D eigenvalue weighted by Crippen LogP contribution is -2.23. The predicted octanol–water partition coefficient (Wildman–Crippen LogP) is 3.46.